The maximum Gasteiger partial charge on any atom is 0.268 e. The number of halogens is 2. The van der Waals surface area contributed by atoms with Gasteiger partial charge in [0, 0.05) is 30.9 Å². The Balaban J connectivity index is 1.55. The fraction of sp³-hybridized carbons (Fsp3) is 0.318. The quantitative estimate of drug-likeness (QED) is 0.527. The van der Waals surface area contributed by atoms with Crippen molar-refractivity contribution in [2.24, 2.45) is 5.73 Å². The number of hydrogen-bond donors (Lipinski definition) is 3. The summed E-state index contributed by atoms with van der Waals surface area (Å²) >= 11 is 5.92. The first-order valence-corrected chi connectivity index (χ1v) is 10.5. The lowest BCUT2D eigenvalue weighted by molar-refractivity contribution is -0.134. The number of benzene rings is 1. The summed E-state index contributed by atoms with van der Waals surface area (Å²) in [6, 6.07) is 8.52. The highest BCUT2D eigenvalue weighted by Crippen LogP contribution is 2.19. The van der Waals surface area contributed by atoms with E-state index in [4.69, 9.17) is 17.3 Å². The number of likely N-dealkylation sites (tertiary alicyclic amines) is 1. The van der Waals surface area contributed by atoms with E-state index in [0.717, 1.165) is 23.8 Å². The molecule has 9 heteroatoms. The molecular formula is C22H23ClFN5O2. The van der Waals surface area contributed by atoms with Gasteiger partial charge in [-0.05, 0) is 42.7 Å². The second-order valence-electron chi connectivity index (χ2n) is 7.80. The SMILES string of the molecule is NC1CCN(C(=O)[C@H](Cc2ccc(F)cc2)NC(=O)c2cc3cc(Cl)ncc3[nH]2)CC1. The third-order valence-electron chi connectivity index (χ3n) is 5.52. The lowest BCUT2D eigenvalue weighted by Gasteiger charge is -2.33. The number of nitrogens with two attached hydrogens (primary N) is 1. The summed E-state index contributed by atoms with van der Waals surface area (Å²) in [5.74, 6) is -0.946. The van der Waals surface area contributed by atoms with Gasteiger partial charge in [-0.2, -0.15) is 0 Å². The number of carbonyl (C=O) groups is 2. The smallest absolute Gasteiger partial charge is 0.268 e. The Morgan fingerprint density at radius 3 is 2.68 bits per heavy atom. The Labute approximate surface area is 183 Å². The topological polar surface area (TPSA) is 104 Å². The Morgan fingerprint density at radius 2 is 1.97 bits per heavy atom. The van der Waals surface area contributed by atoms with Crippen molar-refractivity contribution in [2.75, 3.05) is 13.1 Å². The van der Waals surface area contributed by atoms with Gasteiger partial charge in [0.05, 0.1) is 11.7 Å². The van der Waals surface area contributed by atoms with E-state index in [2.05, 4.69) is 15.3 Å². The average molecular weight is 444 g/mol. The van der Waals surface area contributed by atoms with Gasteiger partial charge in [0.15, 0.2) is 0 Å². The molecule has 1 aliphatic rings. The summed E-state index contributed by atoms with van der Waals surface area (Å²) in [4.78, 5) is 34.9. The van der Waals surface area contributed by atoms with E-state index >= 15 is 0 Å². The van der Waals surface area contributed by atoms with Crippen LogP contribution in [0.5, 0.6) is 0 Å². The van der Waals surface area contributed by atoms with Gasteiger partial charge in [-0.3, -0.25) is 9.59 Å². The van der Waals surface area contributed by atoms with Crippen molar-refractivity contribution < 1.29 is 14.0 Å². The molecule has 162 valence electrons. The molecule has 1 saturated heterocycles. The monoisotopic (exact) mass is 443 g/mol. The molecule has 2 amide bonds. The number of nitrogens with zero attached hydrogens (tertiary/aromatic N) is 2. The Kier molecular flexibility index (Phi) is 6.20. The normalized spacial score (nSPS) is 15.8. The number of aromatic amines is 1. The van der Waals surface area contributed by atoms with E-state index in [1.807, 2.05) is 0 Å². The molecule has 0 spiro atoms. The molecule has 31 heavy (non-hydrogen) atoms. The van der Waals surface area contributed by atoms with Crippen molar-refractivity contribution in [3.63, 3.8) is 0 Å². The molecule has 4 N–H and O–H groups in total. The molecule has 7 nitrogen and oxygen atoms in total. The van der Waals surface area contributed by atoms with Crippen LogP contribution in [0.1, 0.15) is 28.9 Å². The van der Waals surface area contributed by atoms with Crippen LogP contribution in [-0.4, -0.2) is 51.9 Å². The van der Waals surface area contributed by atoms with Crippen molar-refractivity contribution in [3.8, 4) is 0 Å². The molecule has 1 aliphatic heterocycles. The van der Waals surface area contributed by atoms with Gasteiger partial charge in [0.1, 0.15) is 22.7 Å². The van der Waals surface area contributed by atoms with E-state index in [-0.39, 0.29) is 24.2 Å². The van der Waals surface area contributed by atoms with Crippen molar-refractivity contribution in [1.82, 2.24) is 20.2 Å². The summed E-state index contributed by atoms with van der Waals surface area (Å²) < 4.78 is 13.3. The lowest BCUT2D eigenvalue weighted by atomic mass is 10.0. The largest absolute Gasteiger partial charge is 0.349 e. The number of fused-ring (bicyclic) bond motifs is 1. The zero-order chi connectivity index (χ0) is 22.0. The van der Waals surface area contributed by atoms with Crippen LogP contribution in [0.15, 0.2) is 42.6 Å². The van der Waals surface area contributed by atoms with Crippen LogP contribution in [-0.2, 0) is 11.2 Å². The molecular weight excluding hydrogens is 421 g/mol. The minimum Gasteiger partial charge on any atom is -0.349 e. The van der Waals surface area contributed by atoms with Gasteiger partial charge in [-0.15, -0.1) is 0 Å². The van der Waals surface area contributed by atoms with E-state index in [0.29, 0.717) is 29.5 Å². The van der Waals surface area contributed by atoms with Crippen molar-refractivity contribution in [3.05, 3.63) is 64.8 Å². The van der Waals surface area contributed by atoms with Crippen LogP contribution < -0.4 is 11.1 Å². The third-order valence-corrected chi connectivity index (χ3v) is 5.73. The van der Waals surface area contributed by atoms with Crippen LogP contribution in [0.2, 0.25) is 5.15 Å². The zero-order valence-electron chi connectivity index (χ0n) is 16.8. The number of hydrogen-bond acceptors (Lipinski definition) is 4. The number of H-pyrrole nitrogens is 1. The fourth-order valence-corrected chi connectivity index (χ4v) is 3.93. The summed E-state index contributed by atoms with van der Waals surface area (Å²) in [7, 11) is 0. The molecule has 3 aromatic rings. The lowest BCUT2D eigenvalue weighted by Crippen LogP contribution is -2.53. The molecule has 0 radical (unpaired) electrons. The summed E-state index contributed by atoms with van der Waals surface area (Å²) in [6.07, 6.45) is 3.24. The maximum atomic E-state index is 13.3. The second-order valence-corrected chi connectivity index (χ2v) is 8.18. The van der Waals surface area contributed by atoms with Crippen LogP contribution >= 0.6 is 11.6 Å². The predicted octanol–water partition coefficient (Wildman–Crippen LogP) is 2.65. The average Bonchev–Trinajstić information content (AvgIpc) is 3.18. The third kappa shape index (κ3) is 5.03. The van der Waals surface area contributed by atoms with Crippen molar-refractivity contribution in [1.29, 1.82) is 0 Å². The minimum absolute atomic E-state index is 0.0842. The molecule has 0 bridgehead atoms. The first-order valence-electron chi connectivity index (χ1n) is 10.1. The van der Waals surface area contributed by atoms with Crippen LogP contribution in [0.4, 0.5) is 4.39 Å². The Morgan fingerprint density at radius 1 is 1.26 bits per heavy atom. The fourth-order valence-electron chi connectivity index (χ4n) is 3.76. The van der Waals surface area contributed by atoms with E-state index < -0.39 is 11.9 Å². The molecule has 3 heterocycles. The zero-order valence-corrected chi connectivity index (χ0v) is 17.5. The number of piperidine rings is 1. The van der Waals surface area contributed by atoms with Crippen LogP contribution in [0.3, 0.4) is 0 Å². The highest BCUT2D eigenvalue weighted by atomic mass is 35.5. The van der Waals surface area contributed by atoms with Gasteiger partial charge in [-0.25, -0.2) is 9.37 Å². The van der Waals surface area contributed by atoms with Crippen molar-refractivity contribution in [2.45, 2.75) is 31.3 Å². The summed E-state index contributed by atoms with van der Waals surface area (Å²) in [5.41, 5.74) is 7.67. The second kappa shape index (κ2) is 9.03. The van der Waals surface area contributed by atoms with Gasteiger partial charge < -0.3 is 20.9 Å². The molecule has 0 unspecified atom stereocenters. The van der Waals surface area contributed by atoms with Crippen LogP contribution in [0, 0.1) is 5.82 Å². The van der Waals surface area contributed by atoms with E-state index in [1.54, 1.807) is 35.4 Å². The first kappa shape index (κ1) is 21.3. The standard InChI is InChI=1S/C22H23ClFN5O2/c23-20-11-14-10-17(27-19(14)12-26-20)21(30)28-18(9-13-1-3-15(24)4-2-13)22(31)29-7-5-16(25)6-8-29/h1-4,10-12,16,18,27H,5-9,25H2,(H,28,30)/t18-/m0/s1. The van der Waals surface area contributed by atoms with Gasteiger partial charge in [0.25, 0.3) is 5.91 Å². The van der Waals surface area contributed by atoms with E-state index in [1.165, 1.54) is 12.1 Å². The number of amides is 2. The number of aromatic nitrogens is 2. The maximum absolute atomic E-state index is 13.3. The molecule has 1 aromatic carbocycles. The summed E-state index contributed by atoms with van der Waals surface area (Å²) in [5, 5.41) is 3.91. The predicted molar refractivity (Wildman–Crippen MR) is 116 cm³/mol. The molecule has 2 aromatic heterocycles. The number of pyridine rings is 1. The first-order chi connectivity index (χ1) is 14.9. The number of carbonyl (C=O) groups excluding carboxylic acids is 2. The minimum atomic E-state index is -0.791. The molecule has 1 atom stereocenters. The Hall–Kier alpha value is -2.97. The number of nitrogens with one attached hydrogen (secondary N) is 2. The van der Waals surface area contributed by atoms with Crippen molar-refractivity contribution >= 4 is 34.3 Å². The van der Waals surface area contributed by atoms with Crippen LogP contribution in [0.25, 0.3) is 10.9 Å². The Bertz CT molecular complexity index is 1090. The van der Waals surface area contributed by atoms with E-state index in [9.17, 15) is 14.0 Å². The highest BCUT2D eigenvalue weighted by molar-refractivity contribution is 6.30. The van der Waals surface area contributed by atoms with Gasteiger partial charge in [-0.1, -0.05) is 23.7 Å². The summed E-state index contributed by atoms with van der Waals surface area (Å²) in [6.45, 7) is 1.10. The molecule has 4 rings (SSSR count). The molecule has 1 fully saturated rings. The number of rotatable bonds is 5. The van der Waals surface area contributed by atoms with Gasteiger partial charge in [0.2, 0.25) is 5.91 Å². The molecule has 0 aliphatic carbocycles. The van der Waals surface area contributed by atoms with Gasteiger partial charge >= 0.3 is 0 Å². The highest BCUT2D eigenvalue weighted by Gasteiger charge is 2.29. The molecule has 0 saturated carbocycles.